The quantitative estimate of drug-likeness (QED) is 0.0627. The molecule has 1 aromatic carbocycles. The van der Waals surface area contributed by atoms with E-state index in [1.165, 1.54) is 76.2 Å². The minimum atomic E-state index is -4.48. The van der Waals surface area contributed by atoms with E-state index in [0.29, 0.717) is 30.8 Å². The van der Waals surface area contributed by atoms with Crippen LogP contribution in [0.2, 0.25) is 0 Å². The second-order valence-electron chi connectivity index (χ2n) is 12.9. The van der Waals surface area contributed by atoms with Crippen molar-refractivity contribution in [1.29, 1.82) is 10.5 Å². The van der Waals surface area contributed by atoms with E-state index in [1.54, 1.807) is 4.52 Å². The molecule has 1 aliphatic rings. The molecule has 0 aliphatic carbocycles. The SMILES string of the molecule is C#N.CCCCCCCCCCCCCCOCC(COP(=O)(O)OCC1CCC(c2ccc3c(N)ncnn23)O1)OCc1ccc(C#N)cc1F. The monoisotopic (exact) mass is 744 g/mol. The van der Waals surface area contributed by atoms with E-state index in [-0.39, 0.29) is 43.7 Å². The first-order valence-electron chi connectivity index (χ1n) is 18.3. The van der Waals surface area contributed by atoms with E-state index in [4.69, 9.17) is 39.5 Å². The lowest BCUT2D eigenvalue weighted by Gasteiger charge is -2.21. The maximum Gasteiger partial charge on any atom is 0.472 e. The summed E-state index contributed by atoms with van der Waals surface area (Å²) in [6.45, 7) is 5.74. The Bertz CT molecular complexity index is 1580. The van der Waals surface area contributed by atoms with Crippen LogP contribution in [0.1, 0.15) is 120 Å². The van der Waals surface area contributed by atoms with Gasteiger partial charge in [0, 0.05) is 18.7 Å². The van der Waals surface area contributed by atoms with Crippen LogP contribution in [0.25, 0.3) is 5.52 Å². The number of hydrogen-bond acceptors (Lipinski definition) is 11. The summed E-state index contributed by atoms with van der Waals surface area (Å²) in [4.78, 5) is 14.5. The van der Waals surface area contributed by atoms with Crippen molar-refractivity contribution in [1.82, 2.24) is 14.6 Å². The smallest absolute Gasteiger partial charge is 0.382 e. The lowest BCUT2D eigenvalue weighted by atomic mass is 10.1. The molecule has 0 spiro atoms. The van der Waals surface area contributed by atoms with Crippen LogP contribution >= 0.6 is 7.82 Å². The first-order chi connectivity index (χ1) is 25.3. The molecule has 13 nitrogen and oxygen atoms in total. The summed E-state index contributed by atoms with van der Waals surface area (Å²) in [7, 11) is -4.48. The number of benzene rings is 1. The fourth-order valence-electron chi connectivity index (χ4n) is 6.00. The van der Waals surface area contributed by atoms with Crippen molar-refractivity contribution in [2.75, 3.05) is 32.2 Å². The highest BCUT2D eigenvalue weighted by molar-refractivity contribution is 7.47. The molecule has 15 heteroatoms. The summed E-state index contributed by atoms with van der Waals surface area (Å²) in [5, 5.41) is 19.8. The van der Waals surface area contributed by atoms with Gasteiger partial charge in [-0.05, 0) is 43.5 Å². The second-order valence-corrected chi connectivity index (χ2v) is 14.4. The number of phosphoric acid groups is 1. The van der Waals surface area contributed by atoms with Gasteiger partial charge < -0.3 is 24.8 Å². The Morgan fingerprint density at radius 3 is 2.40 bits per heavy atom. The molecular weight excluding hydrogens is 690 g/mol. The van der Waals surface area contributed by atoms with Crippen LogP contribution < -0.4 is 5.73 Å². The highest BCUT2D eigenvalue weighted by atomic mass is 31.2. The minimum absolute atomic E-state index is 0.0860. The Morgan fingerprint density at radius 1 is 1.04 bits per heavy atom. The number of phosphoric ester groups is 1. The van der Waals surface area contributed by atoms with Crippen LogP contribution in [-0.2, 0) is 34.4 Å². The number of aromatic nitrogens is 3. The number of nitrogen functional groups attached to an aromatic ring is 1. The summed E-state index contributed by atoms with van der Waals surface area (Å²) < 4.78 is 57.4. The van der Waals surface area contributed by atoms with Gasteiger partial charge in [-0.25, -0.2) is 23.7 Å². The van der Waals surface area contributed by atoms with E-state index in [0.717, 1.165) is 31.0 Å². The van der Waals surface area contributed by atoms with Crippen molar-refractivity contribution in [3.63, 3.8) is 0 Å². The Labute approximate surface area is 306 Å². The molecule has 0 amide bonds. The summed E-state index contributed by atoms with van der Waals surface area (Å²) >= 11 is 0. The van der Waals surface area contributed by atoms with Gasteiger partial charge in [0.2, 0.25) is 0 Å². The van der Waals surface area contributed by atoms with Crippen molar-refractivity contribution in [2.45, 2.75) is 122 Å². The van der Waals surface area contributed by atoms with E-state index < -0.39 is 25.8 Å². The number of ether oxygens (including phenoxy) is 3. The number of hydrogen-bond donors (Lipinski definition) is 2. The summed E-state index contributed by atoms with van der Waals surface area (Å²) in [5.41, 5.74) is 7.87. The molecule has 1 saturated heterocycles. The molecule has 2 aromatic heterocycles. The van der Waals surface area contributed by atoms with Crippen LogP contribution in [0, 0.1) is 29.0 Å². The van der Waals surface area contributed by atoms with Crippen molar-refractivity contribution < 1.29 is 37.1 Å². The van der Waals surface area contributed by atoms with Gasteiger partial charge in [0.15, 0.2) is 5.82 Å². The Hall–Kier alpha value is -3.46. The first kappa shape index (κ1) is 42.9. The lowest BCUT2D eigenvalue weighted by molar-refractivity contribution is -0.0535. The van der Waals surface area contributed by atoms with E-state index in [9.17, 15) is 13.8 Å². The normalized spacial score (nSPS) is 17.3. The Balaban J connectivity index is 0.00000358. The fourth-order valence-corrected chi connectivity index (χ4v) is 6.78. The van der Waals surface area contributed by atoms with Gasteiger partial charge in [0.05, 0.1) is 49.9 Å². The topological polar surface area (TPSA) is 187 Å². The predicted molar refractivity (Wildman–Crippen MR) is 194 cm³/mol. The standard InChI is InChI=1S/C36H53FN5O7P.CHN/c1-2-3-4-5-6-7-8-9-10-11-12-13-20-45-24-31(46-23-29-15-14-28(22-38)21-32(29)37)26-48-50(43,44)47-25-30-16-19-35(49-30)33-17-18-34-36(39)40-27-41-42(33)34;1-2/h14-15,17-18,21,27,30-31,35H,2-13,16,19-20,23-26H2,1H3,(H,43,44)(H2,39,40,41);1H. The van der Waals surface area contributed by atoms with Crippen molar-refractivity contribution >= 4 is 19.2 Å². The number of nitrogens with two attached hydrogens (primary N) is 1. The average molecular weight is 745 g/mol. The molecule has 3 heterocycles. The molecule has 0 bridgehead atoms. The molecule has 4 atom stereocenters. The number of nitriles is 2. The van der Waals surface area contributed by atoms with Gasteiger partial charge in [0.25, 0.3) is 0 Å². The van der Waals surface area contributed by atoms with Gasteiger partial charge in [-0.2, -0.15) is 10.4 Å². The maximum atomic E-state index is 14.5. The van der Waals surface area contributed by atoms with E-state index >= 15 is 0 Å². The number of anilines is 1. The molecule has 1 fully saturated rings. The number of fused-ring (bicyclic) bond motifs is 1. The molecular formula is C37H54FN6O7P. The fraction of sp³-hybridized carbons (Fsp3) is 0.622. The third-order valence-corrected chi connectivity index (χ3v) is 9.85. The molecule has 0 radical (unpaired) electrons. The van der Waals surface area contributed by atoms with Gasteiger partial charge >= 0.3 is 7.82 Å². The van der Waals surface area contributed by atoms with Crippen LogP contribution in [0.5, 0.6) is 0 Å². The molecule has 0 saturated carbocycles. The number of nitrogens with zero attached hydrogens (tertiary/aromatic N) is 5. The summed E-state index contributed by atoms with van der Waals surface area (Å²) in [5.74, 6) is -0.210. The van der Waals surface area contributed by atoms with Crippen LogP contribution in [0.4, 0.5) is 10.2 Å². The van der Waals surface area contributed by atoms with E-state index in [2.05, 4.69) is 23.6 Å². The number of unbranched alkanes of at least 4 members (excludes halogenated alkanes) is 11. The average Bonchev–Trinajstić information content (AvgIpc) is 3.81. The van der Waals surface area contributed by atoms with Crippen molar-refractivity contribution in [2.24, 2.45) is 0 Å². The molecule has 3 aromatic rings. The molecule has 4 rings (SSSR count). The van der Waals surface area contributed by atoms with Crippen molar-refractivity contribution in [3.05, 3.63) is 59.3 Å². The number of rotatable bonds is 25. The third-order valence-electron chi connectivity index (χ3n) is 8.90. The van der Waals surface area contributed by atoms with Crippen molar-refractivity contribution in [3.8, 4) is 12.6 Å². The molecule has 3 N–H and O–H groups in total. The van der Waals surface area contributed by atoms with Crippen LogP contribution in [0.3, 0.4) is 0 Å². The van der Waals surface area contributed by atoms with E-state index in [1.807, 2.05) is 18.2 Å². The van der Waals surface area contributed by atoms with Crippen LogP contribution in [0.15, 0.2) is 36.7 Å². The molecule has 286 valence electrons. The zero-order valence-electron chi connectivity index (χ0n) is 30.2. The van der Waals surface area contributed by atoms with Crippen LogP contribution in [-0.4, -0.2) is 58.1 Å². The Morgan fingerprint density at radius 2 is 1.73 bits per heavy atom. The number of halogens is 1. The second kappa shape index (κ2) is 24.0. The zero-order valence-corrected chi connectivity index (χ0v) is 31.1. The van der Waals surface area contributed by atoms with Gasteiger partial charge in [-0.1, -0.05) is 83.6 Å². The van der Waals surface area contributed by atoms with Gasteiger partial charge in [0.1, 0.15) is 29.9 Å². The van der Waals surface area contributed by atoms with Gasteiger partial charge in [-0.3, -0.25) is 9.05 Å². The predicted octanol–water partition coefficient (Wildman–Crippen LogP) is 8.12. The first-order valence-corrected chi connectivity index (χ1v) is 19.8. The lowest BCUT2D eigenvalue weighted by Crippen LogP contribution is -2.26. The molecule has 1 aliphatic heterocycles. The maximum absolute atomic E-state index is 14.5. The zero-order chi connectivity index (χ0) is 37.6. The van der Waals surface area contributed by atoms with Gasteiger partial charge in [-0.15, -0.1) is 0 Å². The summed E-state index contributed by atoms with van der Waals surface area (Å²) in [6, 6.07) is 9.73. The summed E-state index contributed by atoms with van der Waals surface area (Å²) in [6.07, 6.45) is 16.0. The minimum Gasteiger partial charge on any atom is -0.382 e. The molecule has 52 heavy (non-hydrogen) atoms. The highest BCUT2D eigenvalue weighted by Crippen LogP contribution is 2.45. The highest BCUT2D eigenvalue weighted by Gasteiger charge is 2.32. The largest absolute Gasteiger partial charge is 0.472 e. The Kier molecular flexibility index (Phi) is 19.8. The third kappa shape index (κ3) is 14.9. The molecule has 4 unspecified atom stereocenters.